The molecule has 0 unspecified atom stereocenters. The van der Waals surface area contributed by atoms with Gasteiger partial charge in [0.15, 0.2) is 5.82 Å². The summed E-state index contributed by atoms with van der Waals surface area (Å²) in [4.78, 5) is 27.8. The van der Waals surface area contributed by atoms with Crippen LogP contribution in [0.4, 0.5) is 5.82 Å². The van der Waals surface area contributed by atoms with Gasteiger partial charge in [-0.15, -0.1) is 0 Å². The van der Waals surface area contributed by atoms with Crippen molar-refractivity contribution in [3.05, 3.63) is 114 Å². The molecule has 37 heavy (non-hydrogen) atoms. The maximum Gasteiger partial charge on any atom is 0.174 e. The van der Waals surface area contributed by atoms with E-state index in [4.69, 9.17) is 9.98 Å². The summed E-state index contributed by atoms with van der Waals surface area (Å²) in [5, 5.41) is 2.44. The van der Waals surface area contributed by atoms with Gasteiger partial charge in [0.2, 0.25) is 0 Å². The van der Waals surface area contributed by atoms with Crippen LogP contribution in [0.2, 0.25) is 0 Å². The summed E-state index contributed by atoms with van der Waals surface area (Å²) in [5.74, 6) is 0.670. The van der Waals surface area contributed by atoms with Crippen LogP contribution in [0.1, 0.15) is 28.5 Å². The molecule has 1 aliphatic heterocycles. The van der Waals surface area contributed by atoms with Gasteiger partial charge in [-0.1, -0.05) is 36.4 Å². The molecule has 0 atom stereocenters. The molecule has 4 aromatic heterocycles. The van der Waals surface area contributed by atoms with Crippen molar-refractivity contribution in [2.45, 2.75) is 12.8 Å². The first-order chi connectivity index (χ1) is 18.3. The highest BCUT2D eigenvalue weighted by atomic mass is 15.0. The Morgan fingerprint density at radius 1 is 0.649 bits per heavy atom. The predicted molar refractivity (Wildman–Crippen MR) is 144 cm³/mol. The lowest BCUT2D eigenvalue weighted by Crippen LogP contribution is -2.08. The Morgan fingerprint density at radius 3 is 2.08 bits per heavy atom. The Hall–Kier alpha value is -5.04. The van der Waals surface area contributed by atoms with Crippen molar-refractivity contribution in [1.29, 1.82) is 0 Å². The lowest BCUT2D eigenvalue weighted by molar-refractivity contribution is 1.06. The molecule has 0 saturated heterocycles. The second-order valence-electron chi connectivity index (χ2n) is 9.26. The van der Waals surface area contributed by atoms with Crippen molar-refractivity contribution in [3.63, 3.8) is 0 Å². The Kier molecular flexibility index (Phi) is 4.22. The van der Waals surface area contributed by atoms with Gasteiger partial charge in [0.1, 0.15) is 0 Å². The van der Waals surface area contributed by atoms with E-state index in [1.54, 1.807) is 24.8 Å². The van der Waals surface area contributed by atoms with Gasteiger partial charge in [0, 0.05) is 48.4 Å². The number of para-hydroxylation sites is 2. The van der Waals surface area contributed by atoms with E-state index < -0.39 is 0 Å². The third-order valence-corrected chi connectivity index (χ3v) is 7.08. The van der Waals surface area contributed by atoms with E-state index in [0.29, 0.717) is 18.7 Å². The molecule has 0 spiro atoms. The summed E-state index contributed by atoms with van der Waals surface area (Å²) in [7, 11) is 0. The average Bonchev–Trinajstić information content (AvgIpc) is 3.66. The minimum atomic E-state index is 0.606. The van der Waals surface area contributed by atoms with E-state index in [-0.39, 0.29) is 0 Å². The van der Waals surface area contributed by atoms with Gasteiger partial charge in [0.05, 0.1) is 50.9 Å². The first kappa shape index (κ1) is 20.2. The number of benzene rings is 2. The summed E-state index contributed by atoms with van der Waals surface area (Å²) in [5.41, 5.74) is 9.79. The smallest absolute Gasteiger partial charge is 0.174 e. The highest BCUT2D eigenvalue weighted by Gasteiger charge is 2.24. The molecule has 7 heteroatoms. The van der Waals surface area contributed by atoms with Crippen molar-refractivity contribution in [1.82, 2.24) is 29.5 Å². The molecule has 0 N–H and O–H groups in total. The number of hydrogen-bond donors (Lipinski definition) is 0. The maximum absolute atomic E-state index is 5.11. The number of rotatable bonds is 3. The highest BCUT2D eigenvalue weighted by molar-refractivity contribution is 6.10. The number of nitrogens with zero attached hydrogens (tertiary/aromatic N) is 7. The number of aliphatic imine (C=N–C) groups is 1. The van der Waals surface area contributed by atoms with Gasteiger partial charge in [-0.25, -0.2) is 15.0 Å². The third kappa shape index (κ3) is 3.14. The van der Waals surface area contributed by atoms with E-state index in [1.807, 2.05) is 0 Å². The van der Waals surface area contributed by atoms with Crippen LogP contribution in [0.15, 0.2) is 90.4 Å². The van der Waals surface area contributed by atoms with Crippen LogP contribution in [0, 0.1) is 0 Å². The van der Waals surface area contributed by atoms with Crippen LogP contribution in [0.3, 0.4) is 0 Å². The van der Waals surface area contributed by atoms with E-state index in [9.17, 15) is 0 Å². The predicted octanol–water partition coefficient (Wildman–Crippen LogP) is 5.53. The molecule has 2 aliphatic rings. The van der Waals surface area contributed by atoms with Crippen LogP contribution < -0.4 is 0 Å². The van der Waals surface area contributed by atoms with Crippen LogP contribution in [0.5, 0.6) is 0 Å². The minimum absolute atomic E-state index is 0.606. The average molecular weight is 478 g/mol. The summed E-state index contributed by atoms with van der Waals surface area (Å²) >= 11 is 0. The Balaban J connectivity index is 1.37. The van der Waals surface area contributed by atoms with Gasteiger partial charge < -0.3 is 4.57 Å². The quantitative estimate of drug-likeness (QED) is 0.335. The molecule has 1 aliphatic carbocycles. The fourth-order valence-electron chi connectivity index (χ4n) is 5.40. The second kappa shape index (κ2) is 7.73. The van der Waals surface area contributed by atoms with Gasteiger partial charge in [0.25, 0.3) is 0 Å². The van der Waals surface area contributed by atoms with Gasteiger partial charge >= 0.3 is 0 Å². The molecule has 0 bridgehead atoms. The van der Waals surface area contributed by atoms with Gasteiger partial charge in [-0.05, 0) is 35.9 Å². The zero-order valence-corrected chi connectivity index (χ0v) is 19.7. The van der Waals surface area contributed by atoms with Gasteiger partial charge in [-0.3, -0.25) is 15.0 Å². The van der Waals surface area contributed by atoms with Crippen LogP contribution in [-0.2, 0) is 12.8 Å². The Morgan fingerprint density at radius 2 is 1.32 bits per heavy atom. The molecule has 174 valence electrons. The Labute approximate surface area is 212 Å². The van der Waals surface area contributed by atoms with Crippen molar-refractivity contribution in [2.24, 2.45) is 4.99 Å². The van der Waals surface area contributed by atoms with Crippen molar-refractivity contribution < 1.29 is 0 Å². The molecule has 2 aromatic carbocycles. The van der Waals surface area contributed by atoms with Crippen molar-refractivity contribution in [2.75, 3.05) is 0 Å². The molecule has 5 heterocycles. The highest BCUT2D eigenvalue weighted by Crippen LogP contribution is 2.35. The zero-order valence-electron chi connectivity index (χ0n) is 19.7. The van der Waals surface area contributed by atoms with E-state index in [0.717, 1.165) is 56.5 Å². The molecule has 7 nitrogen and oxygen atoms in total. The SMILES string of the molecule is C1=C(c2cc(-n3c4ccccc4c4ccccc43)cc(C3=Nc4nccnc4C3)n2)Cc2nccnc21. The van der Waals surface area contributed by atoms with E-state index in [1.165, 1.54) is 10.8 Å². The maximum atomic E-state index is 5.11. The lowest BCUT2D eigenvalue weighted by atomic mass is 10.1. The van der Waals surface area contributed by atoms with Crippen LogP contribution >= 0.6 is 0 Å². The number of allylic oxidation sites excluding steroid dienone is 1. The second-order valence-corrected chi connectivity index (χ2v) is 9.26. The molecular formula is C30H19N7. The molecule has 0 radical (unpaired) electrons. The van der Waals surface area contributed by atoms with E-state index >= 15 is 0 Å². The first-order valence-corrected chi connectivity index (χ1v) is 12.2. The lowest BCUT2D eigenvalue weighted by Gasteiger charge is -2.13. The molecule has 8 rings (SSSR count). The van der Waals surface area contributed by atoms with Crippen LogP contribution in [-0.4, -0.2) is 35.2 Å². The number of fused-ring (bicyclic) bond motifs is 5. The van der Waals surface area contributed by atoms with E-state index in [2.05, 4.69) is 91.2 Å². The fourth-order valence-corrected chi connectivity index (χ4v) is 5.40. The normalized spacial score (nSPS) is 14.1. The molecule has 0 amide bonds. The summed E-state index contributed by atoms with van der Waals surface area (Å²) in [6.07, 6.45) is 10.3. The van der Waals surface area contributed by atoms with Crippen LogP contribution in [0.25, 0.3) is 39.1 Å². The molecule has 6 aromatic rings. The number of hydrogen-bond acceptors (Lipinski definition) is 6. The van der Waals surface area contributed by atoms with Crippen molar-refractivity contribution in [3.8, 4) is 5.69 Å². The fraction of sp³-hybridized carbons (Fsp3) is 0.0667. The Bertz CT molecular complexity index is 1810. The first-order valence-electron chi connectivity index (χ1n) is 12.2. The van der Waals surface area contributed by atoms with Crippen molar-refractivity contribution >= 4 is 45.0 Å². The largest absolute Gasteiger partial charge is 0.309 e. The summed E-state index contributed by atoms with van der Waals surface area (Å²) in [6, 6.07) is 21.4. The zero-order chi connectivity index (χ0) is 24.3. The minimum Gasteiger partial charge on any atom is -0.309 e. The molecule has 0 fully saturated rings. The summed E-state index contributed by atoms with van der Waals surface area (Å²) in [6.45, 7) is 0. The third-order valence-electron chi connectivity index (χ3n) is 7.08. The molecular weight excluding hydrogens is 458 g/mol. The summed E-state index contributed by atoms with van der Waals surface area (Å²) < 4.78 is 2.32. The van der Waals surface area contributed by atoms with Gasteiger partial charge in [-0.2, -0.15) is 0 Å². The number of aromatic nitrogens is 6. The number of pyridine rings is 1. The standard InChI is InChI=1S/C30H19N7/c1-3-7-28-20(5-1)21-6-2-4-8-29(21)37(28)19-15-22(18-13-23-24(14-18)32-10-9-31-23)35-25(16-19)26-17-27-30(36-26)34-12-11-33-27/h1-13,15-16H,14,17H2. The monoisotopic (exact) mass is 477 g/mol. The topological polar surface area (TPSA) is 81.7 Å². The molecule has 0 saturated carbocycles.